The molecule has 2 aromatic rings. The van der Waals surface area contributed by atoms with E-state index in [1.165, 1.54) is 29.2 Å². The summed E-state index contributed by atoms with van der Waals surface area (Å²) in [5.41, 5.74) is 2.69. The van der Waals surface area contributed by atoms with E-state index in [0.717, 1.165) is 17.8 Å². The third kappa shape index (κ3) is 4.57. The summed E-state index contributed by atoms with van der Waals surface area (Å²) in [5.74, 6) is -1.77. The van der Waals surface area contributed by atoms with Crippen molar-refractivity contribution < 1.29 is 13.6 Å². The van der Waals surface area contributed by atoms with E-state index < -0.39 is 11.6 Å². The van der Waals surface area contributed by atoms with Crippen LogP contribution >= 0.6 is 23.1 Å². The molecule has 0 fully saturated rings. The zero-order valence-electron chi connectivity index (χ0n) is 10.4. The topological polar surface area (TPSA) is 42.0 Å². The predicted molar refractivity (Wildman–Crippen MR) is 75.9 cm³/mol. The molecule has 1 aromatic heterocycles. The van der Waals surface area contributed by atoms with Gasteiger partial charge in [0.15, 0.2) is 11.6 Å². The fraction of sp³-hybridized carbons (Fsp3) is 0.231. The number of thiazole rings is 1. The predicted octanol–water partition coefficient (Wildman–Crippen LogP) is 2.87. The minimum atomic E-state index is -0.904. The van der Waals surface area contributed by atoms with Crippen LogP contribution in [0.15, 0.2) is 34.0 Å². The molecule has 0 bridgehead atoms. The average Bonchev–Trinajstić information content (AvgIpc) is 2.93. The molecule has 1 heterocycles. The van der Waals surface area contributed by atoms with Gasteiger partial charge in [0.2, 0.25) is 5.91 Å². The first kappa shape index (κ1) is 14.9. The second-order valence-corrected chi connectivity index (χ2v) is 5.71. The van der Waals surface area contributed by atoms with Crippen molar-refractivity contribution >= 4 is 29.0 Å². The first-order chi connectivity index (χ1) is 9.65. The van der Waals surface area contributed by atoms with E-state index in [9.17, 15) is 13.6 Å². The highest BCUT2D eigenvalue weighted by atomic mass is 32.2. The third-order valence-corrected chi connectivity index (χ3v) is 4.08. The van der Waals surface area contributed by atoms with Gasteiger partial charge in [0.25, 0.3) is 0 Å². The summed E-state index contributed by atoms with van der Waals surface area (Å²) < 4.78 is 25.7. The molecule has 0 spiro atoms. The zero-order chi connectivity index (χ0) is 14.4. The minimum Gasteiger partial charge on any atom is -0.355 e. The summed E-state index contributed by atoms with van der Waals surface area (Å²) >= 11 is 2.68. The van der Waals surface area contributed by atoms with Gasteiger partial charge >= 0.3 is 0 Å². The summed E-state index contributed by atoms with van der Waals surface area (Å²) in [7, 11) is 0. The summed E-state index contributed by atoms with van der Waals surface area (Å²) in [6.45, 7) is 0.515. The second kappa shape index (κ2) is 7.35. The standard InChI is InChI=1S/C13H12F2N2OS2/c14-11-2-1-10(5-12(11)15)20-7-13(18)16-4-3-9-6-19-8-17-9/h1-2,5-6,8H,3-4,7H2,(H,16,18). The maximum atomic E-state index is 13.0. The van der Waals surface area contributed by atoms with Gasteiger partial charge in [-0.3, -0.25) is 4.79 Å². The van der Waals surface area contributed by atoms with Crippen molar-refractivity contribution in [2.24, 2.45) is 0 Å². The number of hydrogen-bond acceptors (Lipinski definition) is 4. The Hall–Kier alpha value is -1.47. The molecular weight excluding hydrogens is 302 g/mol. The van der Waals surface area contributed by atoms with Crippen LogP contribution in [0.5, 0.6) is 0 Å². The van der Waals surface area contributed by atoms with Gasteiger partial charge in [-0.1, -0.05) is 0 Å². The van der Waals surface area contributed by atoms with Gasteiger partial charge in [-0.15, -0.1) is 23.1 Å². The van der Waals surface area contributed by atoms with E-state index in [0.29, 0.717) is 17.9 Å². The Morgan fingerprint density at radius 2 is 2.20 bits per heavy atom. The van der Waals surface area contributed by atoms with Crippen LogP contribution in [0.4, 0.5) is 8.78 Å². The quantitative estimate of drug-likeness (QED) is 0.834. The number of thioether (sulfide) groups is 1. The number of carbonyl (C=O) groups excluding carboxylic acids is 1. The van der Waals surface area contributed by atoms with Crippen molar-refractivity contribution in [3.63, 3.8) is 0 Å². The van der Waals surface area contributed by atoms with Crippen molar-refractivity contribution in [1.29, 1.82) is 0 Å². The van der Waals surface area contributed by atoms with Crippen LogP contribution in [0.25, 0.3) is 0 Å². The molecule has 0 aliphatic carbocycles. The zero-order valence-corrected chi connectivity index (χ0v) is 12.1. The van der Waals surface area contributed by atoms with E-state index in [4.69, 9.17) is 0 Å². The summed E-state index contributed by atoms with van der Waals surface area (Å²) in [6.07, 6.45) is 0.686. The first-order valence-corrected chi connectivity index (χ1v) is 7.79. The number of benzene rings is 1. The Bertz CT molecular complexity index is 576. The Morgan fingerprint density at radius 1 is 1.35 bits per heavy atom. The van der Waals surface area contributed by atoms with Gasteiger partial charge in [-0.25, -0.2) is 13.8 Å². The number of carbonyl (C=O) groups is 1. The van der Waals surface area contributed by atoms with Crippen molar-refractivity contribution in [2.45, 2.75) is 11.3 Å². The molecule has 1 aromatic carbocycles. The molecule has 7 heteroatoms. The van der Waals surface area contributed by atoms with Gasteiger partial charge in [-0.05, 0) is 18.2 Å². The third-order valence-electron chi connectivity index (χ3n) is 2.45. The van der Waals surface area contributed by atoms with Gasteiger partial charge in [0, 0.05) is 23.2 Å². The highest BCUT2D eigenvalue weighted by Crippen LogP contribution is 2.19. The molecule has 0 aliphatic heterocycles. The van der Waals surface area contributed by atoms with E-state index in [2.05, 4.69) is 10.3 Å². The lowest BCUT2D eigenvalue weighted by molar-refractivity contribution is -0.118. The maximum absolute atomic E-state index is 13.0. The number of nitrogens with one attached hydrogen (secondary N) is 1. The Morgan fingerprint density at radius 3 is 2.90 bits per heavy atom. The second-order valence-electron chi connectivity index (χ2n) is 3.94. The van der Waals surface area contributed by atoms with Crippen LogP contribution < -0.4 is 5.32 Å². The van der Waals surface area contributed by atoms with Crippen molar-refractivity contribution in [3.05, 3.63) is 46.4 Å². The van der Waals surface area contributed by atoms with Gasteiger partial charge in [0.05, 0.1) is 17.0 Å². The number of amides is 1. The van der Waals surface area contributed by atoms with Crippen LogP contribution in [-0.4, -0.2) is 23.2 Å². The van der Waals surface area contributed by atoms with E-state index in [1.54, 1.807) is 5.51 Å². The largest absolute Gasteiger partial charge is 0.355 e. The van der Waals surface area contributed by atoms with Crippen molar-refractivity contribution in [1.82, 2.24) is 10.3 Å². The summed E-state index contributed by atoms with van der Waals surface area (Å²) in [4.78, 5) is 16.2. The fourth-order valence-corrected chi connectivity index (χ4v) is 2.80. The number of halogens is 2. The molecule has 1 N–H and O–H groups in total. The Labute approximate surface area is 123 Å². The molecule has 0 unspecified atom stereocenters. The lowest BCUT2D eigenvalue weighted by atomic mass is 10.3. The Kier molecular flexibility index (Phi) is 5.49. The lowest BCUT2D eigenvalue weighted by Gasteiger charge is -2.04. The van der Waals surface area contributed by atoms with Crippen LogP contribution in [0.3, 0.4) is 0 Å². The summed E-state index contributed by atoms with van der Waals surface area (Å²) in [6, 6.07) is 3.59. The molecule has 2 rings (SSSR count). The number of aromatic nitrogens is 1. The monoisotopic (exact) mass is 314 g/mol. The number of rotatable bonds is 6. The first-order valence-electron chi connectivity index (χ1n) is 5.87. The molecule has 0 atom stereocenters. The van der Waals surface area contributed by atoms with Gasteiger partial charge in [-0.2, -0.15) is 0 Å². The summed E-state index contributed by atoms with van der Waals surface area (Å²) in [5, 5.41) is 4.69. The maximum Gasteiger partial charge on any atom is 0.230 e. The van der Waals surface area contributed by atoms with Crippen LogP contribution in [-0.2, 0) is 11.2 Å². The molecule has 1 amide bonds. The van der Waals surface area contributed by atoms with Crippen molar-refractivity contribution in [3.8, 4) is 0 Å². The lowest BCUT2D eigenvalue weighted by Crippen LogP contribution is -2.27. The van der Waals surface area contributed by atoms with Gasteiger partial charge < -0.3 is 5.32 Å². The SMILES string of the molecule is O=C(CSc1ccc(F)c(F)c1)NCCc1cscn1. The van der Waals surface area contributed by atoms with E-state index >= 15 is 0 Å². The molecule has 20 heavy (non-hydrogen) atoms. The fourth-order valence-electron chi connectivity index (χ4n) is 1.46. The number of nitrogens with zero attached hydrogens (tertiary/aromatic N) is 1. The number of hydrogen-bond donors (Lipinski definition) is 1. The molecule has 0 radical (unpaired) electrons. The minimum absolute atomic E-state index is 0.144. The smallest absolute Gasteiger partial charge is 0.230 e. The molecule has 0 aliphatic rings. The highest BCUT2D eigenvalue weighted by molar-refractivity contribution is 8.00. The van der Waals surface area contributed by atoms with Crippen molar-refractivity contribution in [2.75, 3.05) is 12.3 Å². The normalized spacial score (nSPS) is 10.5. The van der Waals surface area contributed by atoms with Gasteiger partial charge in [0.1, 0.15) is 0 Å². The van der Waals surface area contributed by atoms with Crippen LogP contribution in [0.1, 0.15) is 5.69 Å². The van der Waals surface area contributed by atoms with Crippen LogP contribution in [0, 0.1) is 11.6 Å². The van der Waals surface area contributed by atoms with E-state index in [1.807, 2.05) is 5.38 Å². The Balaban J connectivity index is 1.70. The average molecular weight is 314 g/mol. The van der Waals surface area contributed by atoms with Crippen LogP contribution in [0.2, 0.25) is 0 Å². The molecule has 0 saturated carbocycles. The highest BCUT2D eigenvalue weighted by Gasteiger charge is 2.06. The van der Waals surface area contributed by atoms with E-state index in [-0.39, 0.29) is 11.7 Å². The molecule has 3 nitrogen and oxygen atoms in total. The molecular formula is C13H12F2N2OS2. The molecule has 0 saturated heterocycles. The molecule has 106 valence electrons.